The summed E-state index contributed by atoms with van der Waals surface area (Å²) in [7, 11) is 0. The van der Waals surface area contributed by atoms with Crippen molar-refractivity contribution in [1.29, 1.82) is 0 Å². The molecule has 0 heterocycles. The Morgan fingerprint density at radius 2 is 1.06 bits per heavy atom. The number of aliphatic hydroxyl groups excluding tert-OH is 2. The molecule has 192 valence electrons. The van der Waals surface area contributed by atoms with Crippen LogP contribution in [0.25, 0.3) is 0 Å². The zero-order chi connectivity index (χ0) is 23.7. The maximum atomic E-state index is 12.1. The molecule has 2 N–H and O–H groups in total. The first kappa shape index (κ1) is 31.4. The molecule has 0 fully saturated rings. The van der Waals surface area contributed by atoms with E-state index < -0.39 is 19.0 Å². The van der Waals surface area contributed by atoms with Gasteiger partial charge < -0.3 is 19.7 Å². The minimum Gasteiger partial charge on any atom is -0.433 e. The molecule has 5 heteroatoms. The van der Waals surface area contributed by atoms with Gasteiger partial charge in [0.25, 0.3) is 0 Å². The normalized spacial score (nSPS) is 13.2. The molecule has 32 heavy (non-hydrogen) atoms. The van der Waals surface area contributed by atoms with Crippen LogP contribution in [-0.4, -0.2) is 41.8 Å². The first-order valence-electron chi connectivity index (χ1n) is 13.8. The highest BCUT2D eigenvalue weighted by Gasteiger charge is 2.23. The second kappa shape index (κ2) is 25.0. The van der Waals surface area contributed by atoms with Gasteiger partial charge in [0.2, 0.25) is 6.29 Å². The number of ether oxygens (including phenoxy) is 2. The molecular formula is C27H54O5. The molecule has 0 radical (unpaired) electrons. The average Bonchev–Trinajstić information content (AvgIpc) is 2.80. The first-order valence-corrected chi connectivity index (χ1v) is 13.8. The van der Waals surface area contributed by atoms with Gasteiger partial charge in [-0.3, -0.25) is 4.79 Å². The van der Waals surface area contributed by atoms with Gasteiger partial charge in [0.1, 0.15) is 6.10 Å². The third kappa shape index (κ3) is 21.2. The van der Waals surface area contributed by atoms with Crippen LogP contribution >= 0.6 is 0 Å². The van der Waals surface area contributed by atoms with Gasteiger partial charge in [-0.25, -0.2) is 0 Å². The third-order valence-corrected chi connectivity index (χ3v) is 6.01. The van der Waals surface area contributed by atoms with Crippen LogP contribution in [0.15, 0.2) is 0 Å². The molecule has 2 unspecified atom stereocenters. The van der Waals surface area contributed by atoms with E-state index >= 15 is 0 Å². The lowest BCUT2D eigenvalue weighted by molar-refractivity contribution is -0.208. The Labute approximate surface area is 198 Å². The minimum absolute atomic E-state index is 0.340. The third-order valence-electron chi connectivity index (χ3n) is 6.01. The lowest BCUT2D eigenvalue weighted by atomic mass is 10.0. The fraction of sp³-hybridized carbons (Fsp3) is 0.963. The van der Waals surface area contributed by atoms with Gasteiger partial charge in [-0.1, -0.05) is 123 Å². The summed E-state index contributed by atoms with van der Waals surface area (Å²) in [4.78, 5) is 12.1. The van der Waals surface area contributed by atoms with Crippen molar-refractivity contribution < 1.29 is 24.5 Å². The Bertz CT molecular complexity index is 388. The van der Waals surface area contributed by atoms with Crippen LogP contribution in [0.2, 0.25) is 0 Å². The summed E-state index contributed by atoms with van der Waals surface area (Å²) in [5, 5.41) is 19.1. The lowest BCUT2D eigenvalue weighted by Gasteiger charge is -2.22. The molecule has 0 aromatic carbocycles. The molecule has 0 aliphatic rings. The Morgan fingerprint density at radius 1 is 0.656 bits per heavy atom. The molecule has 0 aromatic heterocycles. The molecular weight excluding hydrogens is 404 g/mol. The second-order valence-electron chi connectivity index (χ2n) is 9.24. The predicted octanol–water partition coefficient (Wildman–Crippen LogP) is 7.07. The highest BCUT2D eigenvalue weighted by atomic mass is 16.7. The highest BCUT2D eigenvalue weighted by Crippen LogP contribution is 2.14. The molecule has 2 atom stereocenters. The molecule has 0 saturated carbocycles. The van der Waals surface area contributed by atoms with E-state index in [4.69, 9.17) is 9.47 Å². The number of rotatable bonds is 25. The van der Waals surface area contributed by atoms with E-state index in [1.165, 1.54) is 89.9 Å². The van der Waals surface area contributed by atoms with Crippen molar-refractivity contribution >= 4 is 5.97 Å². The Balaban J connectivity index is 3.67. The van der Waals surface area contributed by atoms with Gasteiger partial charge in [0.15, 0.2) is 0 Å². The molecule has 0 amide bonds. The number of carbonyl (C=O) groups is 1. The summed E-state index contributed by atoms with van der Waals surface area (Å²) in [5.74, 6) is -0.353. The fourth-order valence-corrected chi connectivity index (χ4v) is 3.87. The van der Waals surface area contributed by atoms with Crippen LogP contribution in [0.4, 0.5) is 0 Å². The Hall–Kier alpha value is -0.650. The van der Waals surface area contributed by atoms with Crippen LogP contribution in [0, 0.1) is 0 Å². The first-order chi connectivity index (χ1) is 15.7. The van der Waals surface area contributed by atoms with E-state index in [0.29, 0.717) is 13.0 Å². The summed E-state index contributed by atoms with van der Waals surface area (Å²) in [6.45, 7) is 4.40. The maximum absolute atomic E-state index is 12.1. The SMILES string of the molecule is CCCCCCCCCCCCCCCC(=O)OC(OCCCCCCCC)C(O)CO. The van der Waals surface area contributed by atoms with Crippen LogP contribution in [0.5, 0.6) is 0 Å². The number of unbranched alkanes of at least 4 members (excludes halogenated alkanes) is 17. The molecule has 0 aliphatic heterocycles. The van der Waals surface area contributed by atoms with E-state index in [1.54, 1.807) is 0 Å². The quantitative estimate of drug-likeness (QED) is 0.0869. The molecule has 0 saturated heterocycles. The number of hydrogen-bond acceptors (Lipinski definition) is 5. The number of hydrogen-bond donors (Lipinski definition) is 2. The summed E-state index contributed by atoms with van der Waals surface area (Å²) in [5.41, 5.74) is 0. The van der Waals surface area contributed by atoms with Crippen molar-refractivity contribution in [1.82, 2.24) is 0 Å². The van der Waals surface area contributed by atoms with E-state index in [1.807, 2.05) is 0 Å². The van der Waals surface area contributed by atoms with E-state index in [-0.39, 0.29) is 5.97 Å². The molecule has 5 nitrogen and oxygen atoms in total. The van der Waals surface area contributed by atoms with E-state index in [2.05, 4.69) is 13.8 Å². The standard InChI is InChI=1S/C27H54O5/c1-3-5-7-9-11-12-13-14-15-16-17-18-20-22-26(30)32-27(25(29)24-28)31-23-21-19-10-8-6-4-2/h25,27-29H,3-24H2,1-2H3. The van der Waals surface area contributed by atoms with Crippen molar-refractivity contribution in [3.05, 3.63) is 0 Å². The highest BCUT2D eigenvalue weighted by molar-refractivity contribution is 5.69. The lowest BCUT2D eigenvalue weighted by Crippen LogP contribution is -2.36. The number of esters is 1. The van der Waals surface area contributed by atoms with Crippen molar-refractivity contribution in [3.8, 4) is 0 Å². The molecule has 0 bridgehead atoms. The predicted molar refractivity (Wildman–Crippen MR) is 133 cm³/mol. The van der Waals surface area contributed by atoms with Crippen molar-refractivity contribution in [2.45, 2.75) is 155 Å². The molecule has 0 aliphatic carbocycles. The summed E-state index contributed by atoms with van der Waals surface area (Å²) in [6, 6.07) is 0. The van der Waals surface area contributed by atoms with Crippen molar-refractivity contribution in [2.24, 2.45) is 0 Å². The van der Waals surface area contributed by atoms with Crippen LogP contribution in [0.3, 0.4) is 0 Å². The van der Waals surface area contributed by atoms with E-state index in [0.717, 1.165) is 32.1 Å². The van der Waals surface area contributed by atoms with Gasteiger partial charge in [-0.15, -0.1) is 0 Å². The van der Waals surface area contributed by atoms with E-state index in [9.17, 15) is 15.0 Å². The van der Waals surface area contributed by atoms with Crippen LogP contribution in [-0.2, 0) is 14.3 Å². The van der Waals surface area contributed by atoms with Gasteiger partial charge in [-0.05, 0) is 12.8 Å². The Kier molecular flexibility index (Phi) is 24.5. The van der Waals surface area contributed by atoms with Gasteiger partial charge in [-0.2, -0.15) is 0 Å². The number of aliphatic hydroxyl groups is 2. The Morgan fingerprint density at radius 3 is 1.50 bits per heavy atom. The monoisotopic (exact) mass is 458 g/mol. The van der Waals surface area contributed by atoms with Gasteiger partial charge in [0.05, 0.1) is 13.2 Å². The molecule has 0 aromatic rings. The average molecular weight is 459 g/mol. The fourth-order valence-electron chi connectivity index (χ4n) is 3.87. The summed E-state index contributed by atoms with van der Waals surface area (Å²) in [6.07, 6.45) is 21.3. The minimum atomic E-state index is -1.19. The van der Waals surface area contributed by atoms with Gasteiger partial charge >= 0.3 is 5.97 Å². The van der Waals surface area contributed by atoms with Crippen LogP contribution < -0.4 is 0 Å². The zero-order valence-corrected chi connectivity index (χ0v) is 21.3. The largest absolute Gasteiger partial charge is 0.433 e. The van der Waals surface area contributed by atoms with Gasteiger partial charge in [0, 0.05) is 6.42 Å². The van der Waals surface area contributed by atoms with Crippen molar-refractivity contribution in [3.63, 3.8) is 0 Å². The second-order valence-corrected chi connectivity index (χ2v) is 9.24. The van der Waals surface area contributed by atoms with Crippen molar-refractivity contribution in [2.75, 3.05) is 13.2 Å². The molecule has 0 rings (SSSR count). The number of carbonyl (C=O) groups excluding carboxylic acids is 1. The zero-order valence-electron chi connectivity index (χ0n) is 21.3. The summed E-state index contributed by atoms with van der Waals surface area (Å²) < 4.78 is 10.8. The van der Waals surface area contributed by atoms with Crippen LogP contribution in [0.1, 0.15) is 142 Å². The maximum Gasteiger partial charge on any atom is 0.308 e. The molecule has 0 spiro atoms. The topological polar surface area (TPSA) is 76.0 Å². The summed E-state index contributed by atoms with van der Waals surface area (Å²) >= 11 is 0. The smallest absolute Gasteiger partial charge is 0.308 e.